The molecule has 0 spiro atoms. The zero-order valence-corrected chi connectivity index (χ0v) is 16.2. The fourth-order valence-corrected chi connectivity index (χ4v) is 3.72. The number of fused-ring (bicyclic) bond motifs is 1. The van der Waals surface area contributed by atoms with E-state index in [0.29, 0.717) is 16.9 Å². The molecule has 1 heterocycles. The number of benzene rings is 3. The third kappa shape index (κ3) is 4.02. The van der Waals surface area contributed by atoms with Gasteiger partial charge in [0, 0.05) is 11.3 Å². The van der Waals surface area contributed by atoms with Gasteiger partial charge in [-0.15, -0.1) is 0 Å². The highest BCUT2D eigenvalue weighted by Crippen LogP contribution is 2.24. The summed E-state index contributed by atoms with van der Waals surface area (Å²) in [6, 6.07) is 21.0. The first-order valence-electron chi connectivity index (χ1n) is 8.92. The van der Waals surface area contributed by atoms with Crippen molar-refractivity contribution in [3.8, 4) is 0 Å². The molecule has 1 aromatic heterocycles. The predicted molar refractivity (Wildman–Crippen MR) is 116 cm³/mol. The molecule has 0 saturated carbocycles. The van der Waals surface area contributed by atoms with E-state index in [1.165, 1.54) is 5.56 Å². The van der Waals surface area contributed by atoms with Gasteiger partial charge in [0.2, 0.25) is 0 Å². The summed E-state index contributed by atoms with van der Waals surface area (Å²) in [4.78, 5) is 20.3. The van der Waals surface area contributed by atoms with Crippen molar-refractivity contribution in [3.63, 3.8) is 0 Å². The lowest BCUT2D eigenvalue weighted by Crippen LogP contribution is -2.13. The second-order valence-corrected chi connectivity index (χ2v) is 7.55. The number of nitrogen functional groups attached to an aromatic ring is 1. The Morgan fingerprint density at radius 2 is 1.89 bits per heavy atom. The van der Waals surface area contributed by atoms with Crippen LogP contribution in [0.1, 0.15) is 21.5 Å². The molecule has 0 saturated heterocycles. The van der Waals surface area contributed by atoms with Crippen LogP contribution in [0.2, 0.25) is 0 Å². The highest BCUT2D eigenvalue weighted by molar-refractivity contribution is 7.98. The molecule has 0 fully saturated rings. The van der Waals surface area contributed by atoms with Crippen LogP contribution >= 0.6 is 11.8 Å². The zero-order valence-electron chi connectivity index (χ0n) is 15.4. The predicted octanol–water partition coefficient (Wildman–Crippen LogP) is 5.00. The molecular formula is C22H20N4OS. The minimum atomic E-state index is -0.176. The van der Waals surface area contributed by atoms with Crippen molar-refractivity contribution in [1.29, 1.82) is 0 Å². The Kier molecular flexibility index (Phi) is 5.04. The van der Waals surface area contributed by atoms with Gasteiger partial charge in [-0.05, 0) is 54.4 Å². The number of amides is 1. The van der Waals surface area contributed by atoms with E-state index in [-0.39, 0.29) is 5.91 Å². The maximum Gasteiger partial charge on any atom is 0.255 e. The van der Waals surface area contributed by atoms with E-state index in [4.69, 9.17) is 5.73 Å². The second kappa shape index (κ2) is 7.78. The lowest BCUT2D eigenvalue weighted by atomic mass is 10.1. The maximum absolute atomic E-state index is 12.4. The van der Waals surface area contributed by atoms with E-state index >= 15 is 0 Å². The number of imidazole rings is 1. The number of aromatic amines is 1. The molecule has 0 unspecified atom stereocenters. The van der Waals surface area contributed by atoms with Crippen molar-refractivity contribution in [2.75, 3.05) is 11.1 Å². The van der Waals surface area contributed by atoms with E-state index in [2.05, 4.69) is 34.3 Å². The SMILES string of the molecule is Cc1ccc2nc(SCc3ccc(C(=O)Nc4ccccc4N)cc3)[nH]c2c1. The Morgan fingerprint density at radius 3 is 2.68 bits per heavy atom. The number of hydrogen-bond donors (Lipinski definition) is 3. The molecule has 0 atom stereocenters. The molecule has 5 nitrogen and oxygen atoms in total. The van der Waals surface area contributed by atoms with Gasteiger partial charge in [-0.2, -0.15) is 0 Å². The topological polar surface area (TPSA) is 83.8 Å². The van der Waals surface area contributed by atoms with E-state index in [1.807, 2.05) is 42.5 Å². The largest absolute Gasteiger partial charge is 0.397 e. The average molecular weight is 388 g/mol. The number of nitrogens with zero attached hydrogens (tertiary/aromatic N) is 1. The van der Waals surface area contributed by atoms with Gasteiger partial charge < -0.3 is 16.0 Å². The molecule has 0 aliphatic rings. The molecule has 4 aromatic rings. The van der Waals surface area contributed by atoms with Crippen LogP contribution in [0.25, 0.3) is 11.0 Å². The molecular weight excluding hydrogens is 368 g/mol. The lowest BCUT2D eigenvalue weighted by molar-refractivity contribution is 0.102. The van der Waals surface area contributed by atoms with Gasteiger partial charge in [-0.25, -0.2) is 4.98 Å². The molecule has 28 heavy (non-hydrogen) atoms. The van der Waals surface area contributed by atoms with Gasteiger partial charge >= 0.3 is 0 Å². The number of nitrogens with two attached hydrogens (primary N) is 1. The lowest BCUT2D eigenvalue weighted by Gasteiger charge is -2.08. The highest BCUT2D eigenvalue weighted by Gasteiger charge is 2.09. The van der Waals surface area contributed by atoms with E-state index in [9.17, 15) is 4.79 Å². The van der Waals surface area contributed by atoms with Crippen LogP contribution in [0.5, 0.6) is 0 Å². The van der Waals surface area contributed by atoms with Crippen LogP contribution in [-0.2, 0) is 5.75 Å². The standard InChI is InChI=1S/C22H20N4OS/c1-14-6-11-19-20(12-14)26-22(25-19)28-13-15-7-9-16(10-8-15)21(27)24-18-5-3-2-4-17(18)23/h2-12H,13,23H2,1H3,(H,24,27)(H,25,26). The summed E-state index contributed by atoms with van der Waals surface area (Å²) in [6.45, 7) is 2.07. The van der Waals surface area contributed by atoms with Crippen molar-refractivity contribution in [1.82, 2.24) is 9.97 Å². The Bertz CT molecular complexity index is 1130. The molecule has 4 N–H and O–H groups in total. The Morgan fingerprint density at radius 1 is 1.11 bits per heavy atom. The van der Waals surface area contributed by atoms with Gasteiger partial charge in [0.15, 0.2) is 5.16 Å². The van der Waals surface area contributed by atoms with Gasteiger partial charge in [0.1, 0.15) is 0 Å². The molecule has 0 radical (unpaired) electrons. The summed E-state index contributed by atoms with van der Waals surface area (Å²) >= 11 is 1.64. The third-order valence-corrected chi connectivity index (χ3v) is 5.36. The Balaban J connectivity index is 1.40. The number of carbonyl (C=O) groups excluding carboxylic acids is 1. The van der Waals surface area contributed by atoms with E-state index < -0.39 is 0 Å². The molecule has 4 rings (SSSR count). The number of H-pyrrole nitrogens is 1. The van der Waals surface area contributed by atoms with Gasteiger partial charge in [0.05, 0.1) is 22.4 Å². The Labute approximate surface area is 167 Å². The first kappa shape index (κ1) is 18.1. The molecule has 140 valence electrons. The van der Waals surface area contributed by atoms with Crippen LogP contribution < -0.4 is 11.1 Å². The quantitative estimate of drug-likeness (QED) is 0.332. The summed E-state index contributed by atoms with van der Waals surface area (Å²) in [5.41, 5.74) is 12.0. The first-order valence-corrected chi connectivity index (χ1v) is 9.91. The van der Waals surface area contributed by atoms with E-state index in [1.54, 1.807) is 23.9 Å². The number of aryl methyl sites for hydroxylation is 1. The van der Waals surface area contributed by atoms with Crippen molar-refractivity contribution in [3.05, 3.63) is 83.4 Å². The number of aromatic nitrogens is 2. The van der Waals surface area contributed by atoms with Gasteiger partial charge in [-0.3, -0.25) is 4.79 Å². The van der Waals surface area contributed by atoms with Gasteiger partial charge in [0.25, 0.3) is 5.91 Å². The second-order valence-electron chi connectivity index (χ2n) is 6.59. The summed E-state index contributed by atoms with van der Waals surface area (Å²) in [5, 5.41) is 3.73. The molecule has 1 amide bonds. The number of rotatable bonds is 5. The van der Waals surface area contributed by atoms with Crippen molar-refractivity contribution < 1.29 is 4.79 Å². The normalized spacial score (nSPS) is 10.9. The van der Waals surface area contributed by atoms with Crippen LogP contribution in [0.15, 0.2) is 71.9 Å². The van der Waals surface area contributed by atoms with Crippen LogP contribution in [-0.4, -0.2) is 15.9 Å². The van der Waals surface area contributed by atoms with Crippen LogP contribution in [0, 0.1) is 6.92 Å². The fourth-order valence-electron chi connectivity index (χ4n) is 2.88. The van der Waals surface area contributed by atoms with Gasteiger partial charge in [-0.1, -0.05) is 42.1 Å². The van der Waals surface area contributed by atoms with Crippen LogP contribution in [0.3, 0.4) is 0 Å². The first-order chi connectivity index (χ1) is 13.6. The van der Waals surface area contributed by atoms with E-state index in [0.717, 1.165) is 27.5 Å². The summed E-state index contributed by atoms with van der Waals surface area (Å²) in [6.07, 6.45) is 0. The molecule has 6 heteroatoms. The number of para-hydroxylation sites is 2. The number of hydrogen-bond acceptors (Lipinski definition) is 4. The average Bonchev–Trinajstić information content (AvgIpc) is 3.10. The maximum atomic E-state index is 12.4. The monoisotopic (exact) mass is 388 g/mol. The zero-order chi connectivity index (χ0) is 19.5. The number of carbonyl (C=O) groups is 1. The molecule has 3 aromatic carbocycles. The number of anilines is 2. The fraction of sp³-hybridized carbons (Fsp3) is 0.0909. The number of nitrogens with one attached hydrogen (secondary N) is 2. The summed E-state index contributed by atoms with van der Waals surface area (Å²) in [7, 11) is 0. The van der Waals surface area contributed by atoms with Crippen LogP contribution in [0.4, 0.5) is 11.4 Å². The van der Waals surface area contributed by atoms with Crippen molar-refractivity contribution in [2.45, 2.75) is 17.8 Å². The highest BCUT2D eigenvalue weighted by atomic mass is 32.2. The van der Waals surface area contributed by atoms with Crippen molar-refractivity contribution in [2.24, 2.45) is 0 Å². The molecule has 0 aliphatic heterocycles. The smallest absolute Gasteiger partial charge is 0.255 e. The number of thioether (sulfide) groups is 1. The van der Waals surface area contributed by atoms with Crippen molar-refractivity contribution >= 4 is 40.1 Å². The minimum Gasteiger partial charge on any atom is -0.397 e. The molecule has 0 bridgehead atoms. The molecule has 0 aliphatic carbocycles. The Hall–Kier alpha value is -3.25. The minimum absolute atomic E-state index is 0.176. The third-order valence-electron chi connectivity index (χ3n) is 4.42. The summed E-state index contributed by atoms with van der Waals surface area (Å²) < 4.78 is 0. The summed E-state index contributed by atoms with van der Waals surface area (Å²) in [5.74, 6) is 0.594.